The Morgan fingerprint density at radius 3 is 2.52 bits per heavy atom. The van der Waals surface area contributed by atoms with Gasteiger partial charge in [-0.2, -0.15) is 0 Å². The maximum absolute atomic E-state index is 11.8. The molecule has 1 aromatic heterocycles. The van der Waals surface area contributed by atoms with E-state index in [1.54, 1.807) is 7.05 Å². The van der Waals surface area contributed by atoms with E-state index in [9.17, 15) is 9.59 Å². The van der Waals surface area contributed by atoms with Crippen molar-refractivity contribution < 1.29 is 9.59 Å². The van der Waals surface area contributed by atoms with Gasteiger partial charge in [0.1, 0.15) is 0 Å². The summed E-state index contributed by atoms with van der Waals surface area (Å²) in [5, 5.41) is 8.98. The number of hydrogen-bond donors (Lipinski definition) is 4. The van der Waals surface area contributed by atoms with Crippen molar-refractivity contribution in [3.8, 4) is 0 Å². The van der Waals surface area contributed by atoms with Crippen LogP contribution in [0, 0.1) is 6.92 Å². The van der Waals surface area contributed by atoms with Crippen LogP contribution >= 0.6 is 0 Å². The predicted molar refractivity (Wildman–Crippen MR) is 114 cm³/mol. The average molecular weight is 399 g/mol. The molecule has 1 heterocycles. The van der Waals surface area contributed by atoms with E-state index in [4.69, 9.17) is 5.73 Å². The topological polar surface area (TPSA) is 122 Å². The number of amides is 2. The molecule has 0 aliphatic carbocycles. The summed E-state index contributed by atoms with van der Waals surface area (Å²) in [6.07, 6.45) is 0.678. The molecule has 2 amide bonds. The van der Waals surface area contributed by atoms with Crippen LogP contribution in [0.25, 0.3) is 0 Å². The third-order valence-electron chi connectivity index (χ3n) is 4.62. The highest BCUT2D eigenvalue weighted by atomic mass is 16.2. The van der Waals surface area contributed by atoms with Gasteiger partial charge in [-0.25, -0.2) is 9.97 Å². The highest BCUT2D eigenvalue weighted by Crippen LogP contribution is 2.23. The molecule has 2 rings (SSSR count). The van der Waals surface area contributed by atoms with Crippen LogP contribution in [-0.4, -0.2) is 41.4 Å². The predicted octanol–water partition coefficient (Wildman–Crippen LogP) is 2.02. The molecule has 0 bridgehead atoms. The molecule has 0 radical (unpaired) electrons. The molecule has 0 fully saturated rings. The second kappa shape index (κ2) is 9.97. The summed E-state index contributed by atoms with van der Waals surface area (Å²) in [6, 6.07) is 7.49. The Morgan fingerprint density at radius 1 is 1.17 bits per heavy atom. The molecule has 0 unspecified atom stereocenters. The molecule has 0 saturated carbocycles. The number of nitrogens with two attached hydrogens (primary N) is 1. The summed E-state index contributed by atoms with van der Waals surface area (Å²) in [5.74, 6) is -0.153. The number of carbonyl (C=O) groups excluding carboxylic acids is 2. The fourth-order valence-corrected chi connectivity index (χ4v) is 2.89. The van der Waals surface area contributed by atoms with Crippen LogP contribution in [0.15, 0.2) is 24.3 Å². The van der Waals surface area contributed by atoms with Gasteiger partial charge in [-0.3, -0.25) is 9.59 Å². The van der Waals surface area contributed by atoms with E-state index in [1.807, 2.05) is 52.0 Å². The largest absolute Gasteiger partial charge is 0.364 e. The lowest BCUT2D eigenvalue weighted by molar-refractivity contribution is -0.122. The fraction of sp³-hybridized carbons (Fsp3) is 0.429. The van der Waals surface area contributed by atoms with Crippen LogP contribution in [0.5, 0.6) is 0 Å². The molecule has 29 heavy (non-hydrogen) atoms. The molecular weight excluding hydrogens is 368 g/mol. The summed E-state index contributed by atoms with van der Waals surface area (Å²) in [4.78, 5) is 32.6. The van der Waals surface area contributed by atoms with E-state index in [1.165, 1.54) is 0 Å². The lowest BCUT2D eigenvalue weighted by atomic mass is 10.1. The molecule has 1 atom stereocenters. The van der Waals surface area contributed by atoms with Crippen LogP contribution in [0.2, 0.25) is 0 Å². The second-order valence-corrected chi connectivity index (χ2v) is 7.29. The summed E-state index contributed by atoms with van der Waals surface area (Å²) < 4.78 is 0. The van der Waals surface area contributed by atoms with E-state index < -0.39 is 5.91 Å². The first-order valence-electron chi connectivity index (χ1n) is 9.72. The Morgan fingerprint density at radius 2 is 1.90 bits per heavy atom. The zero-order valence-corrected chi connectivity index (χ0v) is 17.7. The molecule has 8 nitrogen and oxygen atoms in total. The Bertz CT molecular complexity index is 881. The van der Waals surface area contributed by atoms with E-state index in [2.05, 4.69) is 25.9 Å². The van der Waals surface area contributed by atoms with Crippen molar-refractivity contribution in [1.82, 2.24) is 20.6 Å². The average Bonchev–Trinajstić information content (AvgIpc) is 2.68. The molecule has 0 spiro atoms. The Labute approximate surface area is 171 Å². The van der Waals surface area contributed by atoms with Crippen molar-refractivity contribution in [2.24, 2.45) is 5.73 Å². The molecule has 0 saturated heterocycles. The number of nitrogens with zero attached hydrogens (tertiary/aromatic N) is 2. The van der Waals surface area contributed by atoms with E-state index in [0.717, 1.165) is 16.9 Å². The molecule has 0 aliphatic heterocycles. The second-order valence-electron chi connectivity index (χ2n) is 7.29. The smallest absolute Gasteiger partial charge is 0.271 e. The number of rotatable bonds is 9. The lowest BCUT2D eigenvalue weighted by Gasteiger charge is -2.15. The van der Waals surface area contributed by atoms with Gasteiger partial charge in [-0.15, -0.1) is 0 Å². The van der Waals surface area contributed by atoms with Crippen LogP contribution in [0.1, 0.15) is 54.1 Å². The number of nitrogens with one attached hydrogen (secondary N) is 3. The first kappa shape index (κ1) is 22.3. The van der Waals surface area contributed by atoms with Crippen molar-refractivity contribution in [1.29, 1.82) is 0 Å². The van der Waals surface area contributed by atoms with E-state index >= 15 is 0 Å². The van der Waals surface area contributed by atoms with E-state index in [0.29, 0.717) is 24.5 Å². The van der Waals surface area contributed by atoms with Crippen LogP contribution in [-0.2, 0) is 11.2 Å². The number of aromatic nitrogens is 2. The third-order valence-corrected chi connectivity index (χ3v) is 4.62. The Balaban J connectivity index is 2.16. The highest BCUT2D eigenvalue weighted by molar-refractivity contribution is 5.96. The van der Waals surface area contributed by atoms with Gasteiger partial charge in [0.25, 0.3) is 5.91 Å². The number of primary amides is 1. The number of aryl methyl sites for hydroxylation is 1. The van der Waals surface area contributed by atoms with Gasteiger partial charge < -0.3 is 21.7 Å². The van der Waals surface area contributed by atoms with Gasteiger partial charge in [0.05, 0.1) is 17.4 Å². The van der Waals surface area contributed by atoms with Gasteiger partial charge in [0.15, 0.2) is 11.5 Å². The number of likely N-dealkylation sites (N-methyl/N-ethyl adjacent to an activating group) is 1. The molecule has 5 N–H and O–H groups in total. The van der Waals surface area contributed by atoms with Crippen molar-refractivity contribution >= 4 is 23.3 Å². The number of hydrogen-bond acceptors (Lipinski definition) is 6. The van der Waals surface area contributed by atoms with Crippen LogP contribution in [0.4, 0.5) is 11.5 Å². The minimum atomic E-state index is -0.629. The first-order chi connectivity index (χ1) is 13.7. The molecular formula is C21H30N6O2. The Hall–Kier alpha value is -3.00. The standard InChI is InChI=1S/C21H30N6O2/c1-12(2)17-13(3)25-18(19(22)28)20(27-17)26-16-8-6-7-15(11-16)9-10-24-21(29)14(4)23-5/h6-8,11-12,14,23H,9-10H2,1-5H3,(H2,22,28)(H,24,29)(H,26,27)/t14-/m0/s1. The molecule has 2 aromatic rings. The number of carbonyl (C=O) groups is 2. The van der Waals surface area contributed by atoms with Gasteiger partial charge in [-0.1, -0.05) is 26.0 Å². The van der Waals surface area contributed by atoms with Gasteiger partial charge in [0.2, 0.25) is 5.91 Å². The summed E-state index contributed by atoms with van der Waals surface area (Å²) in [6.45, 7) is 8.21. The van der Waals surface area contributed by atoms with Crippen molar-refractivity contribution in [2.45, 2.75) is 46.1 Å². The van der Waals surface area contributed by atoms with Gasteiger partial charge in [0, 0.05) is 12.2 Å². The monoisotopic (exact) mass is 398 g/mol. The minimum Gasteiger partial charge on any atom is -0.364 e. The third kappa shape index (κ3) is 5.99. The molecule has 156 valence electrons. The zero-order chi connectivity index (χ0) is 21.6. The quantitative estimate of drug-likeness (QED) is 0.513. The minimum absolute atomic E-state index is 0.0379. The molecule has 1 aromatic carbocycles. The summed E-state index contributed by atoms with van der Waals surface area (Å²) in [5.41, 5.74) is 8.93. The number of benzene rings is 1. The highest BCUT2D eigenvalue weighted by Gasteiger charge is 2.17. The van der Waals surface area contributed by atoms with Gasteiger partial charge >= 0.3 is 0 Å². The maximum atomic E-state index is 11.8. The Kier molecular flexibility index (Phi) is 7.67. The van der Waals surface area contributed by atoms with Gasteiger partial charge in [-0.05, 0) is 50.9 Å². The van der Waals surface area contributed by atoms with Crippen LogP contribution < -0.4 is 21.7 Å². The SMILES string of the molecule is CN[C@@H](C)C(=O)NCCc1cccc(Nc2nc(C(C)C)c(C)nc2C(N)=O)c1. The van der Waals surface area contributed by atoms with Crippen LogP contribution in [0.3, 0.4) is 0 Å². The van der Waals surface area contributed by atoms with Crippen molar-refractivity contribution in [3.63, 3.8) is 0 Å². The summed E-state index contributed by atoms with van der Waals surface area (Å²) in [7, 11) is 1.75. The maximum Gasteiger partial charge on any atom is 0.271 e. The first-order valence-corrected chi connectivity index (χ1v) is 9.72. The summed E-state index contributed by atoms with van der Waals surface area (Å²) >= 11 is 0. The molecule has 0 aliphatic rings. The van der Waals surface area contributed by atoms with Crippen molar-refractivity contribution in [2.75, 3.05) is 18.9 Å². The lowest BCUT2D eigenvalue weighted by Crippen LogP contribution is -2.41. The number of anilines is 2. The molecule has 8 heteroatoms. The van der Waals surface area contributed by atoms with E-state index in [-0.39, 0.29) is 23.6 Å². The van der Waals surface area contributed by atoms with Crippen molar-refractivity contribution in [3.05, 3.63) is 46.9 Å². The normalized spacial score (nSPS) is 11.9. The zero-order valence-electron chi connectivity index (χ0n) is 17.7. The fourth-order valence-electron chi connectivity index (χ4n) is 2.89.